The molecule has 2 nitrogen and oxygen atoms in total. The van der Waals surface area contributed by atoms with Gasteiger partial charge in [0.25, 0.3) is 0 Å². The second-order valence-electron chi connectivity index (χ2n) is 14.3. The highest BCUT2D eigenvalue weighted by molar-refractivity contribution is 6.25. The lowest BCUT2D eigenvalue weighted by molar-refractivity contribution is 0.570. The third-order valence-corrected chi connectivity index (χ3v) is 9.19. The first-order chi connectivity index (χ1) is 21.1. The Morgan fingerprint density at radius 1 is 0.409 bits per heavy atom. The molecular formula is C42H36N2. The zero-order valence-electron chi connectivity index (χ0n) is 26.3. The van der Waals surface area contributed by atoms with Crippen LogP contribution in [0.2, 0.25) is 0 Å². The number of fused-ring (bicyclic) bond motifs is 3. The molecule has 44 heavy (non-hydrogen) atoms. The number of hydrogen-bond donors (Lipinski definition) is 0. The molecule has 2 heteroatoms. The first kappa shape index (κ1) is 26.8. The molecule has 6 aromatic carbocycles. The van der Waals surface area contributed by atoms with Crippen molar-refractivity contribution in [2.24, 2.45) is 0 Å². The van der Waals surface area contributed by atoms with Crippen molar-refractivity contribution in [1.29, 1.82) is 0 Å². The third-order valence-electron chi connectivity index (χ3n) is 9.19. The molecule has 2 aromatic heterocycles. The molecular weight excluding hydrogens is 532 g/mol. The molecule has 0 aliphatic rings. The molecule has 0 fully saturated rings. The van der Waals surface area contributed by atoms with Crippen molar-refractivity contribution in [1.82, 2.24) is 9.97 Å². The Morgan fingerprint density at radius 3 is 1.68 bits per heavy atom. The molecule has 0 amide bonds. The van der Waals surface area contributed by atoms with Crippen LogP contribution in [-0.2, 0) is 10.8 Å². The van der Waals surface area contributed by atoms with E-state index in [1.165, 1.54) is 54.6 Å². The van der Waals surface area contributed by atoms with Crippen LogP contribution in [0.1, 0.15) is 52.9 Å². The lowest BCUT2D eigenvalue weighted by Crippen LogP contribution is -2.15. The minimum atomic E-state index is -0.115. The van der Waals surface area contributed by atoms with Crippen LogP contribution in [0.15, 0.2) is 109 Å². The number of rotatable bonds is 2. The summed E-state index contributed by atoms with van der Waals surface area (Å²) in [4.78, 5) is 10.5. The summed E-state index contributed by atoms with van der Waals surface area (Å²) in [5.41, 5.74) is 8.81. The second-order valence-corrected chi connectivity index (χ2v) is 14.3. The predicted octanol–water partition coefficient (Wildman–Crippen LogP) is 11.6. The van der Waals surface area contributed by atoms with Crippen LogP contribution in [0.4, 0.5) is 0 Å². The number of benzene rings is 6. The molecule has 0 aliphatic heterocycles. The van der Waals surface area contributed by atoms with Gasteiger partial charge in [-0.15, -0.1) is 0 Å². The minimum Gasteiger partial charge on any atom is -0.250 e. The number of pyridine rings is 2. The summed E-state index contributed by atoms with van der Waals surface area (Å²) in [5.74, 6) is 0. The molecule has 0 bridgehead atoms. The van der Waals surface area contributed by atoms with Gasteiger partial charge in [-0.25, -0.2) is 9.97 Å². The molecule has 0 saturated carbocycles. The van der Waals surface area contributed by atoms with Crippen molar-refractivity contribution in [3.05, 3.63) is 121 Å². The second kappa shape index (κ2) is 9.34. The first-order valence-electron chi connectivity index (χ1n) is 15.6. The van der Waals surface area contributed by atoms with Gasteiger partial charge < -0.3 is 0 Å². The van der Waals surface area contributed by atoms with Crippen molar-refractivity contribution in [2.75, 3.05) is 0 Å². The zero-order valence-corrected chi connectivity index (χ0v) is 26.3. The van der Waals surface area contributed by atoms with Gasteiger partial charge in [0.1, 0.15) is 0 Å². The normalized spacial score (nSPS) is 12.8. The Bertz CT molecular complexity index is 2380. The van der Waals surface area contributed by atoms with E-state index in [0.29, 0.717) is 0 Å². The van der Waals surface area contributed by atoms with E-state index < -0.39 is 0 Å². The van der Waals surface area contributed by atoms with Crippen LogP contribution in [0.3, 0.4) is 0 Å². The van der Waals surface area contributed by atoms with Crippen molar-refractivity contribution in [3.8, 4) is 22.3 Å². The van der Waals surface area contributed by atoms with E-state index in [4.69, 9.17) is 9.97 Å². The SMILES string of the molecule is CC(C)(C)c1ccc2ccc3c(-c4cccc(-c5ccc6ccc7cccc8ccc5c6c78)c4)cc(C(C)(C)C)nc3c2n1. The number of nitrogens with zero attached hydrogens (tertiary/aromatic N) is 2. The van der Waals surface area contributed by atoms with Crippen LogP contribution in [0, 0.1) is 0 Å². The maximum absolute atomic E-state index is 5.29. The van der Waals surface area contributed by atoms with Gasteiger partial charge in [-0.05, 0) is 72.8 Å². The maximum atomic E-state index is 5.29. The van der Waals surface area contributed by atoms with Gasteiger partial charge >= 0.3 is 0 Å². The van der Waals surface area contributed by atoms with E-state index in [-0.39, 0.29) is 10.8 Å². The average molecular weight is 569 g/mol. The van der Waals surface area contributed by atoms with Crippen molar-refractivity contribution in [3.63, 3.8) is 0 Å². The summed E-state index contributed by atoms with van der Waals surface area (Å²) in [6.07, 6.45) is 0. The van der Waals surface area contributed by atoms with Crippen LogP contribution in [0.5, 0.6) is 0 Å². The Balaban J connectivity index is 1.38. The molecule has 0 saturated heterocycles. The van der Waals surface area contributed by atoms with Gasteiger partial charge in [0.15, 0.2) is 0 Å². The van der Waals surface area contributed by atoms with Gasteiger partial charge in [0.2, 0.25) is 0 Å². The number of hydrogen-bond acceptors (Lipinski definition) is 2. The molecule has 8 rings (SSSR count). The molecule has 0 unspecified atom stereocenters. The van der Waals surface area contributed by atoms with Crippen LogP contribution < -0.4 is 0 Å². The zero-order chi connectivity index (χ0) is 30.4. The van der Waals surface area contributed by atoms with E-state index in [1.807, 2.05) is 0 Å². The van der Waals surface area contributed by atoms with Gasteiger partial charge in [-0.1, -0.05) is 133 Å². The Hall–Kier alpha value is -4.82. The van der Waals surface area contributed by atoms with E-state index in [1.54, 1.807) is 0 Å². The molecule has 2 heterocycles. The smallest absolute Gasteiger partial charge is 0.0974 e. The topological polar surface area (TPSA) is 25.8 Å². The van der Waals surface area contributed by atoms with Gasteiger partial charge in [-0.2, -0.15) is 0 Å². The van der Waals surface area contributed by atoms with Gasteiger partial charge in [0.05, 0.1) is 11.0 Å². The summed E-state index contributed by atoms with van der Waals surface area (Å²) in [6.45, 7) is 13.4. The van der Waals surface area contributed by atoms with Crippen molar-refractivity contribution >= 4 is 54.1 Å². The lowest BCUT2D eigenvalue weighted by atomic mass is 9.86. The molecule has 0 spiro atoms. The summed E-state index contributed by atoms with van der Waals surface area (Å²) in [5, 5.41) is 10.1. The largest absolute Gasteiger partial charge is 0.250 e. The van der Waals surface area contributed by atoms with Crippen LogP contribution in [-0.4, -0.2) is 9.97 Å². The van der Waals surface area contributed by atoms with E-state index >= 15 is 0 Å². The number of aromatic nitrogens is 2. The fraction of sp³-hybridized carbons (Fsp3) is 0.190. The minimum absolute atomic E-state index is 0.0458. The molecule has 0 aliphatic carbocycles. The Morgan fingerprint density at radius 2 is 0.955 bits per heavy atom. The Kier molecular flexibility index (Phi) is 5.68. The fourth-order valence-electron chi connectivity index (χ4n) is 6.75. The van der Waals surface area contributed by atoms with Gasteiger partial charge in [-0.3, -0.25) is 0 Å². The Labute approximate surface area is 258 Å². The fourth-order valence-corrected chi connectivity index (χ4v) is 6.75. The van der Waals surface area contributed by atoms with E-state index in [0.717, 1.165) is 33.2 Å². The lowest BCUT2D eigenvalue weighted by Gasteiger charge is -2.22. The standard InChI is InChI=1S/C42H36N2/c1-41(2,3)35-22-18-28-17-21-33-34(24-36(42(4,5)6)44-40(33)39(28)43-35)30-12-8-11-29(23-30)31-19-15-27-14-13-25-9-7-10-26-16-20-32(31)38(27)37(25)26/h7-24H,1-6H3. The summed E-state index contributed by atoms with van der Waals surface area (Å²) < 4.78 is 0. The van der Waals surface area contributed by atoms with Crippen molar-refractivity contribution < 1.29 is 0 Å². The highest BCUT2D eigenvalue weighted by Crippen LogP contribution is 2.41. The third kappa shape index (κ3) is 4.16. The van der Waals surface area contributed by atoms with Crippen LogP contribution >= 0.6 is 0 Å². The van der Waals surface area contributed by atoms with E-state index in [9.17, 15) is 0 Å². The molecule has 0 radical (unpaired) electrons. The summed E-state index contributed by atoms with van der Waals surface area (Å²) in [6, 6.07) is 40.4. The van der Waals surface area contributed by atoms with E-state index in [2.05, 4.69) is 151 Å². The summed E-state index contributed by atoms with van der Waals surface area (Å²) >= 11 is 0. The van der Waals surface area contributed by atoms with Crippen LogP contribution in [0.25, 0.3) is 76.4 Å². The maximum Gasteiger partial charge on any atom is 0.0974 e. The summed E-state index contributed by atoms with van der Waals surface area (Å²) in [7, 11) is 0. The highest BCUT2D eigenvalue weighted by atomic mass is 14.8. The molecule has 214 valence electrons. The molecule has 0 atom stereocenters. The van der Waals surface area contributed by atoms with Crippen molar-refractivity contribution in [2.45, 2.75) is 52.4 Å². The molecule has 8 aromatic rings. The quantitative estimate of drug-likeness (QED) is 0.194. The monoisotopic (exact) mass is 568 g/mol. The average Bonchev–Trinajstić information content (AvgIpc) is 3.02. The first-order valence-corrected chi connectivity index (χ1v) is 15.6. The highest BCUT2D eigenvalue weighted by Gasteiger charge is 2.22. The predicted molar refractivity (Wildman–Crippen MR) is 189 cm³/mol. The molecule has 0 N–H and O–H groups in total. The van der Waals surface area contributed by atoms with Gasteiger partial charge in [0, 0.05) is 33.0 Å².